The molecule has 0 aliphatic rings. The van der Waals surface area contributed by atoms with Crippen LogP contribution in [0.1, 0.15) is 25.5 Å². The van der Waals surface area contributed by atoms with Crippen molar-refractivity contribution in [2.45, 2.75) is 32.1 Å². The minimum atomic E-state index is -0.509. The molecule has 4 heteroatoms. The van der Waals surface area contributed by atoms with E-state index in [0.29, 0.717) is 19.8 Å². The van der Waals surface area contributed by atoms with Crippen molar-refractivity contribution in [1.29, 1.82) is 0 Å². The second-order valence-corrected chi connectivity index (χ2v) is 4.79. The van der Waals surface area contributed by atoms with Gasteiger partial charge in [-0.2, -0.15) is 0 Å². The average molecular weight is 267 g/mol. The van der Waals surface area contributed by atoms with Crippen molar-refractivity contribution in [2.75, 3.05) is 26.9 Å². The molecule has 1 rings (SSSR count). The normalized spacial score (nSPS) is 16.0. The Kier molecular flexibility index (Phi) is 7.67. The number of methoxy groups -OCH3 is 1. The third kappa shape index (κ3) is 6.68. The van der Waals surface area contributed by atoms with Crippen molar-refractivity contribution in [1.82, 2.24) is 5.32 Å². The molecule has 2 N–H and O–H groups in total. The molecule has 0 spiro atoms. The topological polar surface area (TPSA) is 50.7 Å². The predicted molar refractivity (Wildman–Crippen MR) is 76.2 cm³/mol. The Morgan fingerprint density at radius 1 is 1.16 bits per heavy atom. The van der Waals surface area contributed by atoms with E-state index in [0.717, 1.165) is 0 Å². The molecular weight excluding hydrogens is 242 g/mol. The molecule has 0 saturated carbocycles. The van der Waals surface area contributed by atoms with Crippen LogP contribution in [0.3, 0.4) is 0 Å². The van der Waals surface area contributed by atoms with Crippen molar-refractivity contribution in [3.05, 3.63) is 35.9 Å². The van der Waals surface area contributed by atoms with Gasteiger partial charge < -0.3 is 19.9 Å². The summed E-state index contributed by atoms with van der Waals surface area (Å²) >= 11 is 0. The van der Waals surface area contributed by atoms with Gasteiger partial charge in [0.2, 0.25) is 0 Å². The van der Waals surface area contributed by atoms with Crippen LogP contribution in [0.15, 0.2) is 30.3 Å². The number of ether oxygens (including phenoxy) is 2. The maximum absolute atomic E-state index is 9.83. The number of nitrogens with one attached hydrogen (secondary N) is 1. The van der Waals surface area contributed by atoms with Crippen LogP contribution in [-0.2, 0) is 9.47 Å². The van der Waals surface area contributed by atoms with Gasteiger partial charge in [-0.25, -0.2) is 0 Å². The zero-order chi connectivity index (χ0) is 14.1. The fourth-order valence-corrected chi connectivity index (χ4v) is 1.79. The molecule has 1 aromatic rings. The lowest BCUT2D eigenvalue weighted by atomic mass is 10.1. The zero-order valence-corrected chi connectivity index (χ0v) is 12.0. The molecule has 19 heavy (non-hydrogen) atoms. The lowest BCUT2D eigenvalue weighted by Gasteiger charge is -2.19. The summed E-state index contributed by atoms with van der Waals surface area (Å²) in [6, 6.07) is 10.4. The monoisotopic (exact) mass is 267 g/mol. The standard InChI is InChI=1S/C15H25NO3/c1-12(10-18-3)19-11-15(17)9-16-13(2)14-7-5-4-6-8-14/h4-8,12-13,15-17H,9-11H2,1-3H3. The average Bonchev–Trinajstić information content (AvgIpc) is 2.44. The van der Waals surface area contributed by atoms with Crippen LogP contribution in [-0.4, -0.2) is 44.2 Å². The summed E-state index contributed by atoms with van der Waals surface area (Å²) in [6.07, 6.45) is -0.503. The maximum atomic E-state index is 9.83. The highest BCUT2D eigenvalue weighted by atomic mass is 16.5. The molecule has 0 fully saturated rings. The van der Waals surface area contributed by atoms with Crippen LogP contribution in [0.25, 0.3) is 0 Å². The van der Waals surface area contributed by atoms with Crippen molar-refractivity contribution in [3.8, 4) is 0 Å². The van der Waals surface area contributed by atoms with Gasteiger partial charge in [-0.15, -0.1) is 0 Å². The minimum absolute atomic E-state index is 0.00574. The van der Waals surface area contributed by atoms with Gasteiger partial charge in [0.25, 0.3) is 0 Å². The highest BCUT2D eigenvalue weighted by Gasteiger charge is 2.10. The van der Waals surface area contributed by atoms with Gasteiger partial charge in [0, 0.05) is 19.7 Å². The Bertz CT molecular complexity index is 331. The molecule has 0 amide bonds. The fourth-order valence-electron chi connectivity index (χ4n) is 1.79. The Morgan fingerprint density at radius 3 is 2.47 bits per heavy atom. The molecule has 0 aliphatic heterocycles. The predicted octanol–water partition coefficient (Wildman–Crippen LogP) is 1.75. The van der Waals surface area contributed by atoms with Gasteiger partial charge in [0.15, 0.2) is 0 Å². The molecule has 4 nitrogen and oxygen atoms in total. The summed E-state index contributed by atoms with van der Waals surface area (Å²) in [5.41, 5.74) is 1.21. The summed E-state index contributed by atoms with van der Waals surface area (Å²) < 4.78 is 10.4. The smallest absolute Gasteiger partial charge is 0.0898 e. The molecule has 1 aromatic carbocycles. The first-order valence-electron chi connectivity index (χ1n) is 6.70. The summed E-state index contributed by atoms with van der Waals surface area (Å²) in [5.74, 6) is 0. The van der Waals surface area contributed by atoms with E-state index in [1.54, 1.807) is 7.11 Å². The van der Waals surface area contributed by atoms with Crippen LogP contribution in [0.2, 0.25) is 0 Å². The van der Waals surface area contributed by atoms with E-state index < -0.39 is 6.10 Å². The molecule has 3 atom stereocenters. The molecule has 108 valence electrons. The van der Waals surface area contributed by atoms with E-state index >= 15 is 0 Å². The number of hydrogen-bond donors (Lipinski definition) is 2. The van der Waals surface area contributed by atoms with Crippen molar-refractivity contribution in [2.24, 2.45) is 0 Å². The summed E-state index contributed by atoms with van der Waals surface area (Å²) in [4.78, 5) is 0. The second kappa shape index (κ2) is 9.04. The Hall–Kier alpha value is -0.940. The van der Waals surface area contributed by atoms with Crippen LogP contribution in [0.4, 0.5) is 0 Å². The van der Waals surface area contributed by atoms with Crippen LogP contribution in [0.5, 0.6) is 0 Å². The molecule has 0 heterocycles. The van der Waals surface area contributed by atoms with E-state index in [9.17, 15) is 5.11 Å². The third-order valence-corrected chi connectivity index (χ3v) is 2.93. The highest BCUT2D eigenvalue weighted by molar-refractivity contribution is 5.17. The minimum Gasteiger partial charge on any atom is -0.389 e. The van der Waals surface area contributed by atoms with Gasteiger partial charge in [-0.05, 0) is 19.4 Å². The number of aliphatic hydroxyl groups is 1. The number of benzene rings is 1. The first-order chi connectivity index (χ1) is 9.13. The molecule has 0 aliphatic carbocycles. The number of rotatable bonds is 9. The van der Waals surface area contributed by atoms with E-state index in [4.69, 9.17) is 9.47 Å². The van der Waals surface area contributed by atoms with Crippen LogP contribution in [0, 0.1) is 0 Å². The van der Waals surface area contributed by atoms with E-state index in [-0.39, 0.29) is 12.1 Å². The molecule has 3 unspecified atom stereocenters. The Labute approximate surface area is 115 Å². The first-order valence-corrected chi connectivity index (χ1v) is 6.70. The largest absolute Gasteiger partial charge is 0.389 e. The fraction of sp³-hybridized carbons (Fsp3) is 0.600. The van der Waals surface area contributed by atoms with Crippen LogP contribution >= 0.6 is 0 Å². The quantitative estimate of drug-likeness (QED) is 0.715. The number of hydrogen-bond acceptors (Lipinski definition) is 4. The van der Waals surface area contributed by atoms with Gasteiger partial charge in [0.05, 0.1) is 25.4 Å². The zero-order valence-electron chi connectivity index (χ0n) is 12.0. The number of aliphatic hydroxyl groups excluding tert-OH is 1. The van der Waals surface area contributed by atoms with Crippen molar-refractivity contribution < 1.29 is 14.6 Å². The van der Waals surface area contributed by atoms with Crippen LogP contribution < -0.4 is 5.32 Å². The lowest BCUT2D eigenvalue weighted by Crippen LogP contribution is -2.33. The Morgan fingerprint density at radius 2 is 1.84 bits per heavy atom. The molecule has 0 saturated heterocycles. The summed E-state index contributed by atoms with van der Waals surface area (Å²) in [6.45, 7) is 5.38. The first kappa shape index (κ1) is 16.1. The third-order valence-electron chi connectivity index (χ3n) is 2.93. The SMILES string of the molecule is COCC(C)OCC(O)CNC(C)c1ccccc1. The van der Waals surface area contributed by atoms with Gasteiger partial charge in [0.1, 0.15) is 0 Å². The van der Waals surface area contributed by atoms with Crippen molar-refractivity contribution in [3.63, 3.8) is 0 Å². The van der Waals surface area contributed by atoms with Gasteiger partial charge in [-0.3, -0.25) is 0 Å². The molecule has 0 bridgehead atoms. The van der Waals surface area contributed by atoms with E-state index in [2.05, 4.69) is 24.4 Å². The van der Waals surface area contributed by atoms with Crippen molar-refractivity contribution >= 4 is 0 Å². The Balaban J connectivity index is 2.21. The summed E-state index contributed by atoms with van der Waals surface area (Å²) in [7, 11) is 1.64. The summed E-state index contributed by atoms with van der Waals surface area (Å²) in [5, 5.41) is 13.1. The molecule has 0 aromatic heterocycles. The lowest BCUT2D eigenvalue weighted by molar-refractivity contribution is -0.0315. The highest BCUT2D eigenvalue weighted by Crippen LogP contribution is 2.10. The van der Waals surface area contributed by atoms with E-state index in [1.165, 1.54) is 5.56 Å². The van der Waals surface area contributed by atoms with E-state index in [1.807, 2.05) is 25.1 Å². The maximum Gasteiger partial charge on any atom is 0.0898 e. The molecular formula is C15H25NO3. The molecule has 0 radical (unpaired) electrons. The van der Waals surface area contributed by atoms with Gasteiger partial charge >= 0.3 is 0 Å². The second-order valence-electron chi connectivity index (χ2n) is 4.79. The van der Waals surface area contributed by atoms with Gasteiger partial charge in [-0.1, -0.05) is 30.3 Å².